The molecule has 0 saturated carbocycles. The van der Waals surface area contributed by atoms with Crippen LogP contribution in [-0.2, 0) is 19.9 Å². The monoisotopic (exact) mass is 463 g/mol. The number of carbonyl (C=O) groups is 1. The minimum atomic E-state index is -1.50. The van der Waals surface area contributed by atoms with Gasteiger partial charge in [-0.05, 0) is 16.7 Å². The highest BCUT2D eigenvalue weighted by Crippen LogP contribution is 2.41. The van der Waals surface area contributed by atoms with Crippen LogP contribution in [0.4, 0.5) is 0 Å². The second-order valence-electron chi connectivity index (χ2n) is 8.36. The van der Waals surface area contributed by atoms with Crippen LogP contribution in [0.5, 0.6) is 0 Å². The van der Waals surface area contributed by atoms with E-state index in [2.05, 4.69) is 5.32 Å². The van der Waals surface area contributed by atoms with Crippen LogP contribution in [-0.4, -0.2) is 58.5 Å². The lowest BCUT2D eigenvalue weighted by atomic mass is 9.80. The minimum Gasteiger partial charge on any atom is -0.388 e. The van der Waals surface area contributed by atoms with E-state index in [4.69, 9.17) is 9.47 Å². The molecule has 1 saturated heterocycles. The normalized spacial score (nSPS) is 25.0. The molecule has 0 spiro atoms. The Hall–Kier alpha value is -3.07. The summed E-state index contributed by atoms with van der Waals surface area (Å²) in [6.07, 6.45) is -5.36. The molecule has 0 bridgehead atoms. The molecule has 0 aromatic heterocycles. The summed E-state index contributed by atoms with van der Waals surface area (Å²) in [4.78, 5) is 11.4. The number of rotatable bonds is 7. The third-order valence-corrected chi connectivity index (χ3v) is 6.10. The number of nitrogens with one attached hydrogen (secondary N) is 1. The van der Waals surface area contributed by atoms with E-state index in [1.807, 2.05) is 91.0 Å². The van der Waals surface area contributed by atoms with Crippen molar-refractivity contribution in [2.75, 3.05) is 6.61 Å². The molecule has 1 aliphatic rings. The fourth-order valence-electron chi connectivity index (χ4n) is 4.45. The Morgan fingerprint density at radius 1 is 0.824 bits per heavy atom. The first-order valence-electron chi connectivity index (χ1n) is 11.2. The van der Waals surface area contributed by atoms with E-state index in [0.717, 1.165) is 16.7 Å². The number of aliphatic hydroxyl groups excluding tert-OH is 3. The Bertz CT molecular complexity index is 966. The second kappa shape index (κ2) is 10.5. The van der Waals surface area contributed by atoms with Crippen LogP contribution < -0.4 is 5.32 Å². The second-order valence-corrected chi connectivity index (χ2v) is 8.36. The molecule has 7 heteroatoms. The quantitative estimate of drug-likeness (QED) is 0.399. The lowest BCUT2D eigenvalue weighted by Crippen LogP contribution is -2.64. The van der Waals surface area contributed by atoms with Gasteiger partial charge >= 0.3 is 0 Å². The molecule has 1 amide bonds. The van der Waals surface area contributed by atoms with Gasteiger partial charge in [-0.2, -0.15) is 0 Å². The maximum Gasteiger partial charge on any atom is 0.217 e. The highest BCUT2D eigenvalue weighted by molar-refractivity contribution is 5.73. The average molecular weight is 464 g/mol. The molecule has 34 heavy (non-hydrogen) atoms. The van der Waals surface area contributed by atoms with Crippen LogP contribution in [0.2, 0.25) is 0 Å². The summed E-state index contributed by atoms with van der Waals surface area (Å²) >= 11 is 0. The van der Waals surface area contributed by atoms with Crippen LogP contribution in [0.15, 0.2) is 91.0 Å². The topological polar surface area (TPSA) is 108 Å². The third kappa shape index (κ3) is 4.75. The average Bonchev–Trinajstić information content (AvgIpc) is 2.87. The van der Waals surface area contributed by atoms with Gasteiger partial charge in [-0.25, -0.2) is 0 Å². The van der Waals surface area contributed by atoms with Crippen molar-refractivity contribution in [1.82, 2.24) is 5.32 Å². The summed E-state index contributed by atoms with van der Waals surface area (Å²) in [5.41, 5.74) is 1.57. The Kier molecular flexibility index (Phi) is 7.41. The van der Waals surface area contributed by atoms with Crippen LogP contribution in [0.1, 0.15) is 23.6 Å². The zero-order valence-electron chi connectivity index (χ0n) is 18.8. The summed E-state index contributed by atoms with van der Waals surface area (Å²) in [7, 11) is 0. The maximum atomic E-state index is 11.4. The van der Waals surface area contributed by atoms with Crippen LogP contribution in [0.25, 0.3) is 0 Å². The molecule has 7 nitrogen and oxygen atoms in total. The van der Waals surface area contributed by atoms with Gasteiger partial charge in [0.15, 0.2) is 6.29 Å². The lowest BCUT2D eigenvalue weighted by Gasteiger charge is -2.43. The van der Waals surface area contributed by atoms with E-state index in [1.54, 1.807) is 0 Å². The van der Waals surface area contributed by atoms with Gasteiger partial charge in [0.2, 0.25) is 5.91 Å². The Labute approximate surface area is 198 Å². The van der Waals surface area contributed by atoms with Crippen molar-refractivity contribution in [3.63, 3.8) is 0 Å². The van der Waals surface area contributed by atoms with Crippen molar-refractivity contribution >= 4 is 5.91 Å². The van der Waals surface area contributed by atoms with Gasteiger partial charge in [0.05, 0.1) is 6.61 Å². The van der Waals surface area contributed by atoms with Gasteiger partial charge < -0.3 is 30.1 Å². The van der Waals surface area contributed by atoms with E-state index in [1.165, 1.54) is 6.92 Å². The third-order valence-electron chi connectivity index (χ3n) is 6.10. The summed E-state index contributed by atoms with van der Waals surface area (Å²) in [6, 6.07) is 28.0. The summed E-state index contributed by atoms with van der Waals surface area (Å²) in [6.45, 7) is 1.12. The molecule has 5 atom stereocenters. The molecular formula is C27H29NO6. The van der Waals surface area contributed by atoms with Gasteiger partial charge in [0, 0.05) is 6.92 Å². The SMILES string of the molecule is CC(=O)N[C@H]1[C@@H](O)[C@@H](O)[C@@H](COC(c2ccccc2)(c2ccccc2)c2ccccc2)O[C@H]1O. The Morgan fingerprint density at radius 3 is 1.68 bits per heavy atom. The fraction of sp³-hybridized carbons (Fsp3) is 0.296. The van der Waals surface area contributed by atoms with E-state index in [0.29, 0.717) is 0 Å². The molecule has 4 rings (SSSR count). The largest absolute Gasteiger partial charge is 0.388 e. The van der Waals surface area contributed by atoms with Gasteiger partial charge in [0.25, 0.3) is 0 Å². The van der Waals surface area contributed by atoms with Crippen LogP contribution in [0, 0.1) is 0 Å². The van der Waals surface area contributed by atoms with Crippen molar-refractivity contribution in [3.05, 3.63) is 108 Å². The molecule has 1 heterocycles. The smallest absolute Gasteiger partial charge is 0.217 e. The predicted octanol–water partition coefficient (Wildman–Crippen LogP) is 1.94. The summed E-state index contributed by atoms with van der Waals surface area (Å²) < 4.78 is 12.2. The molecule has 3 aromatic rings. The molecule has 3 aromatic carbocycles. The van der Waals surface area contributed by atoms with Crippen molar-refractivity contribution in [1.29, 1.82) is 0 Å². The van der Waals surface area contributed by atoms with E-state index in [9.17, 15) is 20.1 Å². The van der Waals surface area contributed by atoms with Gasteiger partial charge in [-0.15, -0.1) is 0 Å². The first-order chi connectivity index (χ1) is 16.4. The van der Waals surface area contributed by atoms with Crippen LogP contribution >= 0.6 is 0 Å². The standard InChI is InChI=1S/C27H29NO6/c1-18(29)28-23-25(31)24(30)22(34-26(23)32)17-33-27(19-11-5-2-6-12-19,20-13-7-3-8-14-20)21-15-9-4-10-16-21/h2-16,22-26,30-32H,17H2,1H3,(H,28,29)/t22-,23+,24+,25-,26-/m1/s1. The van der Waals surface area contributed by atoms with Crippen molar-refractivity contribution < 1.29 is 29.6 Å². The van der Waals surface area contributed by atoms with Crippen molar-refractivity contribution in [2.24, 2.45) is 0 Å². The number of amides is 1. The maximum absolute atomic E-state index is 11.4. The van der Waals surface area contributed by atoms with Gasteiger partial charge in [0.1, 0.15) is 30.0 Å². The Morgan fingerprint density at radius 2 is 1.26 bits per heavy atom. The highest BCUT2D eigenvalue weighted by Gasteiger charge is 2.46. The van der Waals surface area contributed by atoms with Crippen LogP contribution in [0.3, 0.4) is 0 Å². The number of ether oxygens (including phenoxy) is 2. The van der Waals surface area contributed by atoms with E-state index >= 15 is 0 Å². The zero-order valence-corrected chi connectivity index (χ0v) is 18.8. The fourth-order valence-corrected chi connectivity index (χ4v) is 4.45. The number of hydrogen-bond acceptors (Lipinski definition) is 6. The molecule has 0 aliphatic carbocycles. The molecule has 178 valence electrons. The van der Waals surface area contributed by atoms with E-state index in [-0.39, 0.29) is 6.61 Å². The summed E-state index contributed by atoms with van der Waals surface area (Å²) in [5, 5.41) is 34.1. The minimum absolute atomic E-state index is 0.138. The molecular weight excluding hydrogens is 434 g/mol. The zero-order chi connectivity index (χ0) is 24.1. The number of carbonyl (C=O) groups excluding carboxylic acids is 1. The predicted molar refractivity (Wildman–Crippen MR) is 126 cm³/mol. The summed E-state index contributed by atoms with van der Waals surface area (Å²) in [5.74, 6) is -0.454. The van der Waals surface area contributed by atoms with Gasteiger partial charge in [-0.1, -0.05) is 91.0 Å². The van der Waals surface area contributed by atoms with E-state index < -0.39 is 42.2 Å². The molecule has 0 radical (unpaired) electrons. The molecule has 1 fully saturated rings. The number of benzene rings is 3. The lowest BCUT2D eigenvalue weighted by molar-refractivity contribution is -0.261. The van der Waals surface area contributed by atoms with Crippen molar-refractivity contribution in [3.8, 4) is 0 Å². The van der Waals surface area contributed by atoms with Gasteiger partial charge in [-0.3, -0.25) is 4.79 Å². The van der Waals surface area contributed by atoms with Crippen molar-refractivity contribution in [2.45, 2.75) is 43.2 Å². The number of aliphatic hydroxyl groups is 3. The highest BCUT2D eigenvalue weighted by atomic mass is 16.6. The molecule has 0 unspecified atom stereocenters. The first kappa shape index (κ1) is 24.1. The molecule has 4 N–H and O–H groups in total. The molecule has 1 aliphatic heterocycles. The Balaban J connectivity index is 1.71. The number of hydrogen-bond donors (Lipinski definition) is 4. The first-order valence-corrected chi connectivity index (χ1v) is 11.2.